The summed E-state index contributed by atoms with van der Waals surface area (Å²) < 4.78 is 10.8. The van der Waals surface area contributed by atoms with Crippen molar-refractivity contribution in [3.8, 4) is 0 Å². The third-order valence-corrected chi connectivity index (χ3v) is 6.36. The molecule has 1 heterocycles. The Bertz CT molecular complexity index is 624. The molecule has 0 aliphatic heterocycles. The van der Waals surface area contributed by atoms with E-state index in [4.69, 9.17) is 14.3 Å². The van der Waals surface area contributed by atoms with E-state index in [0.29, 0.717) is 6.61 Å². The monoisotopic (exact) mass is 381 g/mol. The zero-order valence-electron chi connectivity index (χ0n) is 16.4. The van der Waals surface area contributed by atoms with Crippen molar-refractivity contribution in [1.29, 1.82) is 0 Å². The van der Waals surface area contributed by atoms with Crippen LogP contribution in [0.1, 0.15) is 60.3 Å². The molecule has 1 aromatic heterocycles. The molecule has 146 valence electrons. The van der Waals surface area contributed by atoms with E-state index in [1.54, 1.807) is 11.3 Å². The van der Waals surface area contributed by atoms with Crippen molar-refractivity contribution in [3.63, 3.8) is 0 Å². The molecule has 5 nitrogen and oxygen atoms in total. The van der Waals surface area contributed by atoms with Gasteiger partial charge in [0.25, 0.3) is 0 Å². The standard InChI is InChI=1S/C18H27NO3S.C2H4O/c1-4-22-17(20)15-13-7-8-18(11-21-3,9-12-5-6-12)10-14(13)23-16(15)19-2;1-2-3/h12,19H,4-11H2,1-3H3;2H,1H3. The fourth-order valence-corrected chi connectivity index (χ4v) is 5.29. The van der Waals surface area contributed by atoms with Gasteiger partial charge in [0.05, 0.1) is 18.8 Å². The number of methoxy groups -OCH3 is 1. The molecule has 0 amide bonds. The fourth-order valence-electron chi connectivity index (χ4n) is 3.93. The van der Waals surface area contributed by atoms with Gasteiger partial charge in [-0.15, -0.1) is 11.3 Å². The lowest BCUT2D eigenvalue weighted by Crippen LogP contribution is -2.33. The van der Waals surface area contributed by atoms with Gasteiger partial charge in [0.1, 0.15) is 11.3 Å². The summed E-state index contributed by atoms with van der Waals surface area (Å²) in [6.07, 6.45) is 7.86. The van der Waals surface area contributed by atoms with Crippen LogP contribution in [-0.4, -0.2) is 39.6 Å². The first-order valence-corrected chi connectivity index (χ1v) is 10.2. The maximum absolute atomic E-state index is 12.4. The van der Waals surface area contributed by atoms with E-state index in [2.05, 4.69) is 5.32 Å². The summed E-state index contributed by atoms with van der Waals surface area (Å²) in [6, 6.07) is 0. The molecular weight excluding hydrogens is 350 g/mol. The van der Waals surface area contributed by atoms with E-state index >= 15 is 0 Å². The van der Waals surface area contributed by atoms with Crippen LogP contribution >= 0.6 is 11.3 Å². The number of hydrogen-bond acceptors (Lipinski definition) is 6. The molecular formula is C20H31NO4S. The minimum absolute atomic E-state index is 0.184. The molecule has 2 aliphatic carbocycles. The predicted octanol–water partition coefficient (Wildman–Crippen LogP) is 4.09. The van der Waals surface area contributed by atoms with Gasteiger partial charge in [0.15, 0.2) is 0 Å². The Morgan fingerprint density at radius 3 is 2.65 bits per heavy atom. The van der Waals surface area contributed by atoms with Gasteiger partial charge >= 0.3 is 5.97 Å². The van der Waals surface area contributed by atoms with Crippen molar-refractivity contribution in [3.05, 3.63) is 16.0 Å². The van der Waals surface area contributed by atoms with E-state index in [1.807, 2.05) is 21.1 Å². The molecule has 2 aliphatic rings. The molecule has 1 atom stereocenters. The van der Waals surface area contributed by atoms with Crippen LogP contribution in [0.3, 0.4) is 0 Å². The van der Waals surface area contributed by atoms with E-state index in [1.165, 1.54) is 36.6 Å². The smallest absolute Gasteiger partial charge is 0.341 e. The van der Waals surface area contributed by atoms with Gasteiger partial charge < -0.3 is 19.6 Å². The first-order chi connectivity index (χ1) is 12.5. The van der Waals surface area contributed by atoms with Crippen molar-refractivity contribution < 1.29 is 19.1 Å². The Labute approximate surface area is 160 Å². The van der Waals surface area contributed by atoms with Crippen LogP contribution in [0, 0.1) is 11.3 Å². The maximum Gasteiger partial charge on any atom is 0.341 e. The molecule has 1 fully saturated rings. The average Bonchev–Trinajstić information content (AvgIpc) is 3.33. The highest BCUT2D eigenvalue weighted by Crippen LogP contribution is 2.50. The molecule has 0 radical (unpaired) electrons. The number of thiophene rings is 1. The van der Waals surface area contributed by atoms with Crippen LogP contribution in [-0.2, 0) is 27.1 Å². The Balaban J connectivity index is 0.000000758. The molecule has 3 rings (SSSR count). The lowest BCUT2D eigenvalue weighted by molar-refractivity contribution is -0.106. The summed E-state index contributed by atoms with van der Waals surface area (Å²) in [5.74, 6) is 0.704. The number of fused-ring (bicyclic) bond motifs is 1. The third-order valence-electron chi connectivity index (χ3n) is 5.11. The quantitative estimate of drug-likeness (QED) is 0.569. The minimum atomic E-state index is -0.184. The Morgan fingerprint density at radius 2 is 2.12 bits per heavy atom. The number of esters is 1. The van der Waals surface area contributed by atoms with Crippen LogP contribution in [0.15, 0.2) is 0 Å². The fraction of sp³-hybridized carbons (Fsp3) is 0.700. The number of anilines is 1. The summed E-state index contributed by atoms with van der Waals surface area (Å²) in [5.41, 5.74) is 2.23. The molecule has 0 bridgehead atoms. The van der Waals surface area contributed by atoms with Crippen LogP contribution < -0.4 is 5.32 Å². The molecule has 6 heteroatoms. The lowest BCUT2D eigenvalue weighted by Gasteiger charge is -2.37. The van der Waals surface area contributed by atoms with Gasteiger partial charge in [0, 0.05) is 19.0 Å². The summed E-state index contributed by atoms with van der Waals surface area (Å²) in [6.45, 7) is 4.54. The van der Waals surface area contributed by atoms with Crippen molar-refractivity contribution in [2.45, 2.75) is 52.4 Å². The van der Waals surface area contributed by atoms with Crippen LogP contribution in [0.5, 0.6) is 0 Å². The van der Waals surface area contributed by atoms with Crippen LogP contribution in [0.4, 0.5) is 5.00 Å². The number of carbonyl (C=O) groups excluding carboxylic acids is 2. The highest BCUT2D eigenvalue weighted by molar-refractivity contribution is 7.16. The van der Waals surface area contributed by atoms with Crippen molar-refractivity contribution in [2.75, 3.05) is 32.7 Å². The summed E-state index contributed by atoms with van der Waals surface area (Å²) in [4.78, 5) is 22.5. The molecule has 1 aromatic rings. The Kier molecular flexibility index (Phi) is 7.65. The van der Waals surface area contributed by atoms with Crippen molar-refractivity contribution in [1.82, 2.24) is 0 Å². The highest BCUT2D eigenvalue weighted by Gasteiger charge is 2.42. The Morgan fingerprint density at radius 1 is 1.42 bits per heavy atom. The van der Waals surface area contributed by atoms with Crippen LogP contribution in [0.25, 0.3) is 0 Å². The molecule has 0 aromatic carbocycles. The normalized spacial score (nSPS) is 21.2. The zero-order valence-corrected chi connectivity index (χ0v) is 17.2. The average molecular weight is 382 g/mol. The predicted molar refractivity (Wildman–Crippen MR) is 105 cm³/mol. The Hall–Kier alpha value is -1.40. The molecule has 26 heavy (non-hydrogen) atoms. The topological polar surface area (TPSA) is 64.6 Å². The second-order valence-corrected chi connectivity index (χ2v) is 8.28. The number of aldehydes is 1. The first kappa shape index (κ1) is 20.9. The number of nitrogens with one attached hydrogen (secondary N) is 1. The van der Waals surface area contributed by atoms with Gasteiger partial charge in [-0.3, -0.25) is 0 Å². The SMILES string of the molecule is CC=O.CCOC(=O)c1c(NC)sc2c1CCC(COC)(CC1CC1)C2. The number of ether oxygens (including phenoxy) is 2. The van der Waals surface area contributed by atoms with Crippen LogP contribution in [0.2, 0.25) is 0 Å². The molecule has 1 unspecified atom stereocenters. The number of hydrogen-bond donors (Lipinski definition) is 1. The van der Waals surface area contributed by atoms with E-state index in [0.717, 1.165) is 48.6 Å². The molecule has 0 spiro atoms. The molecule has 1 N–H and O–H groups in total. The zero-order chi connectivity index (χ0) is 19.2. The van der Waals surface area contributed by atoms with E-state index in [-0.39, 0.29) is 11.4 Å². The van der Waals surface area contributed by atoms with Gasteiger partial charge in [-0.1, -0.05) is 12.8 Å². The molecule has 1 saturated carbocycles. The summed E-state index contributed by atoms with van der Waals surface area (Å²) in [5, 5.41) is 4.14. The third kappa shape index (κ3) is 4.86. The summed E-state index contributed by atoms with van der Waals surface area (Å²) >= 11 is 1.72. The second kappa shape index (κ2) is 9.51. The van der Waals surface area contributed by atoms with Gasteiger partial charge in [-0.25, -0.2) is 4.79 Å². The van der Waals surface area contributed by atoms with Crippen molar-refractivity contribution >= 4 is 28.6 Å². The van der Waals surface area contributed by atoms with E-state index in [9.17, 15) is 4.79 Å². The second-order valence-electron chi connectivity index (χ2n) is 7.17. The van der Waals surface area contributed by atoms with Gasteiger partial charge in [0.2, 0.25) is 0 Å². The lowest BCUT2D eigenvalue weighted by atomic mass is 9.71. The van der Waals surface area contributed by atoms with Gasteiger partial charge in [-0.2, -0.15) is 0 Å². The van der Waals surface area contributed by atoms with Crippen molar-refractivity contribution in [2.24, 2.45) is 11.3 Å². The first-order valence-electron chi connectivity index (χ1n) is 9.42. The number of carbonyl (C=O) groups is 2. The molecule has 0 saturated heterocycles. The maximum atomic E-state index is 12.4. The van der Waals surface area contributed by atoms with Gasteiger partial charge in [-0.05, 0) is 56.4 Å². The van der Waals surface area contributed by atoms with E-state index < -0.39 is 0 Å². The minimum Gasteiger partial charge on any atom is -0.462 e. The number of rotatable bonds is 7. The summed E-state index contributed by atoms with van der Waals surface area (Å²) in [7, 11) is 3.69. The largest absolute Gasteiger partial charge is 0.462 e. The highest BCUT2D eigenvalue weighted by atomic mass is 32.1.